The highest BCUT2D eigenvalue weighted by Crippen LogP contribution is 1.89. The highest BCUT2D eigenvalue weighted by Gasteiger charge is 1.99. The van der Waals surface area contributed by atoms with Gasteiger partial charge >= 0.3 is 5.97 Å². The van der Waals surface area contributed by atoms with E-state index in [1.165, 1.54) is 0 Å². The van der Waals surface area contributed by atoms with Crippen molar-refractivity contribution in [3.05, 3.63) is 12.2 Å². The Morgan fingerprint density at radius 2 is 2.09 bits per heavy atom. The van der Waals surface area contributed by atoms with E-state index in [1.807, 2.05) is 0 Å². The van der Waals surface area contributed by atoms with Crippen molar-refractivity contribution in [2.24, 2.45) is 5.73 Å². The first kappa shape index (κ1) is 16.8. The second-order valence-electron chi connectivity index (χ2n) is 1.70. The van der Waals surface area contributed by atoms with Crippen LogP contribution in [0.15, 0.2) is 12.2 Å². The van der Waals surface area contributed by atoms with Gasteiger partial charge in [-0.25, -0.2) is 4.79 Å². The van der Waals surface area contributed by atoms with Crippen LogP contribution in [-0.2, 0) is 9.53 Å². The number of rotatable bonds is 3. The summed E-state index contributed by atoms with van der Waals surface area (Å²) in [6.45, 7) is 5.62. The molecule has 5 heteroatoms. The van der Waals surface area contributed by atoms with Gasteiger partial charge in [0, 0.05) is 12.1 Å². The Labute approximate surface area is 72.1 Å². The van der Waals surface area contributed by atoms with Crippen LogP contribution < -0.4 is 5.73 Å². The first-order chi connectivity index (χ1) is 4.18. The first-order valence-electron chi connectivity index (χ1n) is 2.71. The molecule has 0 aliphatic rings. The van der Waals surface area contributed by atoms with Crippen molar-refractivity contribution in [2.45, 2.75) is 6.92 Å². The molecule has 0 atom stereocenters. The molecule has 0 aliphatic carbocycles. The van der Waals surface area contributed by atoms with Gasteiger partial charge in [-0.15, -0.1) is 12.4 Å². The van der Waals surface area contributed by atoms with Crippen LogP contribution in [0.4, 0.5) is 0 Å². The summed E-state index contributed by atoms with van der Waals surface area (Å²) in [6, 6.07) is 0. The van der Waals surface area contributed by atoms with Crippen LogP contribution in [0.5, 0.6) is 0 Å². The molecule has 0 heterocycles. The number of hydrogen-bond acceptors (Lipinski definition) is 3. The van der Waals surface area contributed by atoms with Gasteiger partial charge in [0.05, 0.1) is 0 Å². The van der Waals surface area contributed by atoms with Crippen LogP contribution in [-0.4, -0.2) is 24.6 Å². The van der Waals surface area contributed by atoms with Crippen LogP contribution in [0, 0.1) is 0 Å². The van der Waals surface area contributed by atoms with E-state index in [0.717, 1.165) is 0 Å². The van der Waals surface area contributed by atoms with Gasteiger partial charge in [0.2, 0.25) is 0 Å². The molecule has 4 N–H and O–H groups in total. The standard InChI is InChI=1S/C6H11NO2.ClH.H2O/c1-5(2)6(8)9-4-3-7;;/h1,3-4,7H2,2H3;1H;1H2. The van der Waals surface area contributed by atoms with Gasteiger partial charge in [-0.05, 0) is 6.92 Å². The lowest BCUT2D eigenvalue weighted by atomic mass is 10.4. The maximum absolute atomic E-state index is 10.5. The lowest BCUT2D eigenvalue weighted by Gasteiger charge is -1.99. The van der Waals surface area contributed by atoms with Crippen molar-refractivity contribution in [1.82, 2.24) is 0 Å². The zero-order valence-electron chi connectivity index (χ0n) is 6.42. The molecule has 0 aromatic rings. The van der Waals surface area contributed by atoms with Gasteiger partial charge in [-0.3, -0.25) is 0 Å². The number of halogens is 1. The Morgan fingerprint density at radius 3 is 2.36 bits per heavy atom. The molecule has 0 fully saturated rings. The SMILES string of the molecule is C=C(C)C(=O)OCCN.Cl.O. The lowest BCUT2D eigenvalue weighted by Crippen LogP contribution is -2.13. The van der Waals surface area contributed by atoms with E-state index < -0.39 is 0 Å². The molecule has 0 saturated heterocycles. The van der Waals surface area contributed by atoms with Gasteiger partial charge in [0.15, 0.2) is 0 Å². The topological polar surface area (TPSA) is 83.8 Å². The Bertz CT molecular complexity index is 127. The Morgan fingerprint density at radius 1 is 1.64 bits per heavy atom. The average Bonchev–Trinajstić information content (AvgIpc) is 1.82. The molecule has 0 aromatic carbocycles. The van der Waals surface area contributed by atoms with Gasteiger partial charge in [0.1, 0.15) is 6.61 Å². The van der Waals surface area contributed by atoms with Crippen LogP contribution >= 0.6 is 12.4 Å². The Kier molecular flexibility index (Phi) is 14.4. The predicted molar refractivity (Wildman–Crippen MR) is 45.7 cm³/mol. The zero-order valence-corrected chi connectivity index (χ0v) is 7.24. The minimum atomic E-state index is -0.375. The van der Waals surface area contributed by atoms with Crippen molar-refractivity contribution >= 4 is 18.4 Å². The third kappa shape index (κ3) is 9.42. The molecule has 0 bridgehead atoms. The molecule has 0 radical (unpaired) electrons. The zero-order chi connectivity index (χ0) is 7.28. The van der Waals surface area contributed by atoms with E-state index >= 15 is 0 Å². The molecule has 4 nitrogen and oxygen atoms in total. The summed E-state index contributed by atoms with van der Waals surface area (Å²) in [5.74, 6) is -0.375. The van der Waals surface area contributed by atoms with E-state index in [1.54, 1.807) is 6.92 Å². The second-order valence-corrected chi connectivity index (χ2v) is 1.70. The summed E-state index contributed by atoms with van der Waals surface area (Å²) >= 11 is 0. The smallest absolute Gasteiger partial charge is 0.333 e. The van der Waals surface area contributed by atoms with Crippen molar-refractivity contribution in [2.75, 3.05) is 13.2 Å². The molecule has 0 saturated carbocycles. The fourth-order valence-corrected chi connectivity index (χ4v) is 0.275. The Hall–Kier alpha value is -0.580. The van der Waals surface area contributed by atoms with Crippen molar-refractivity contribution in [3.8, 4) is 0 Å². The average molecular weight is 184 g/mol. The molecule has 0 aromatic heterocycles. The number of carbonyl (C=O) groups excluding carboxylic acids is 1. The van der Waals surface area contributed by atoms with Crippen molar-refractivity contribution < 1.29 is 15.0 Å². The highest BCUT2D eigenvalue weighted by atomic mass is 35.5. The van der Waals surface area contributed by atoms with E-state index in [-0.39, 0.29) is 30.5 Å². The van der Waals surface area contributed by atoms with Gasteiger partial charge in [-0.1, -0.05) is 6.58 Å². The number of ether oxygens (including phenoxy) is 1. The number of carbonyl (C=O) groups is 1. The molecule has 68 valence electrons. The van der Waals surface area contributed by atoms with Crippen LogP contribution in [0.2, 0.25) is 0 Å². The molecule has 0 amide bonds. The summed E-state index contributed by atoms with van der Waals surface area (Å²) in [6.07, 6.45) is 0. The third-order valence-corrected chi connectivity index (χ3v) is 0.699. The first-order valence-corrected chi connectivity index (χ1v) is 2.71. The van der Waals surface area contributed by atoms with E-state index in [2.05, 4.69) is 11.3 Å². The molecule has 0 unspecified atom stereocenters. The largest absolute Gasteiger partial charge is 0.461 e. The van der Waals surface area contributed by atoms with Crippen LogP contribution in [0.1, 0.15) is 6.92 Å². The predicted octanol–water partition coefficient (Wildman–Crippen LogP) is -0.338. The molecular weight excluding hydrogens is 170 g/mol. The lowest BCUT2D eigenvalue weighted by molar-refractivity contribution is -0.138. The summed E-state index contributed by atoms with van der Waals surface area (Å²) in [5, 5.41) is 0. The molecule has 0 spiro atoms. The summed E-state index contributed by atoms with van der Waals surface area (Å²) < 4.78 is 4.59. The quantitative estimate of drug-likeness (QED) is 0.480. The van der Waals surface area contributed by atoms with Crippen LogP contribution in [0.25, 0.3) is 0 Å². The maximum atomic E-state index is 10.5. The molecule has 0 aliphatic heterocycles. The summed E-state index contributed by atoms with van der Waals surface area (Å²) in [4.78, 5) is 10.5. The fourth-order valence-electron chi connectivity index (χ4n) is 0.275. The third-order valence-electron chi connectivity index (χ3n) is 0.699. The van der Waals surface area contributed by atoms with E-state index in [9.17, 15) is 4.79 Å². The summed E-state index contributed by atoms with van der Waals surface area (Å²) in [7, 11) is 0. The number of hydrogen-bond donors (Lipinski definition) is 1. The van der Waals surface area contributed by atoms with E-state index in [0.29, 0.717) is 12.1 Å². The molecule has 11 heavy (non-hydrogen) atoms. The number of nitrogens with two attached hydrogens (primary N) is 1. The number of esters is 1. The second kappa shape index (κ2) is 9.42. The minimum absolute atomic E-state index is 0. The molecular formula is C6H14ClNO3. The van der Waals surface area contributed by atoms with Crippen molar-refractivity contribution in [3.63, 3.8) is 0 Å². The fraction of sp³-hybridized carbons (Fsp3) is 0.500. The van der Waals surface area contributed by atoms with E-state index in [4.69, 9.17) is 5.73 Å². The van der Waals surface area contributed by atoms with Gasteiger partial charge in [-0.2, -0.15) is 0 Å². The van der Waals surface area contributed by atoms with Gasteiger partial charge < -0.3 is 15.9 Å². The van der Waals surface area contributed by atoms with Gasteiger partial charge in [0.25, 0.3) is 0 Å². The monoisotopic (exact) mass is 183 g/mol. The highest BCUT2D eigenvalue weighted by molar-refractivity contribution is 5.86. The summed E-state index contributed by atoms with van der Waals surface area (Å²) in [5.41, 5.74) is 5.48. The molecule has 0 rings (SSSR count). The van der Waals surface area contributed by atoms with Crippen molar-refractivity contribution in [1.29, 1.82) is 0 Å². The normalized spacial score (nSPS) is 7.09. The Balaban J connectivity index is -0.000000320. The maximum Gasteiger partial charge on any atom is 0.333 e. The van der Waals surface area contributed by atoms with Crippen LogP contribution in [0.3, 0.4) is 0 Å². The minimum Gasteiger partial charge on any atom is -0.461 e.